The summed E-state index contributed by atoms with van der Waals surface area (Å²) in [4.78, 5) is 45.0. The Labute approximate surface area is 207 Å². The van der Waals surface area contributed by atoms with Gasteiger partial charge in [-0.15, -0.1) is 17.9 Å². The third-order valence-electron chi connectivity index (χ3n) is 6.13. The van der Waals surface area contributed by atoms with Crippen molar-refractivity contribution in [1.82, 2.24) is 14.9 Å². The van der Waals surface area contributed by atoms with Crippen molar-refractivity contribution >= 4 is 45.0 Å². The van der Waals surface area contributed by atoms with Crippen LogP contribution in [0, 0.1) is 5.92 Å². The summed E-state index contributed by atoms with van der Waals surface area (Å²) in [5, 5.41) is 4.07. The zero-order chi connectivity index (χ0) is 24.2. The van der Waals surface area contributed by atoms with Gasteiger partial charge in [0.2, 0.25) is 5.91 Å². The van der Waals surface area contributed by atoms with Gasteiger partial charge >= 0.3 is 0 Å². The molecule has 4 rings (SSSR count). The first-order valence-electron chi connectivity index (χ1n) is 11.5. The molecule has 0 spiro atoms. The Kier molecular flexibility index (Phi) is 7.68. The lowest BCUT2D eigenvalue weighted by Crippen LogP contribution is -2.42. The molecule has 2 heterocycles. The second-order valence-electron chi connectivity index (χ2n) is 8.84. The van der Waals surface area contributed by atoms with Crippen LogP contribution in [0.1, 0.15) is 36.3 Å². The minimum Gasteiger partial charge on any atom is -0.345 e. The van der Waals surface area contributed by atoms with E-state index in [-0.39, 0.29) is 23.0 Å². The summed E-state index contributed by atoms with van der Waals surface area (Å²) in [6, 6.07) is 9.02. The highest BCUT2D eigenvalue weighted by Crippen LogP contribution is 2.36. The van der Waals surface area contributed by atoms with Crippen molar-refractivity contribution in [2.75, 3.05) is 5.75 Å². The fourth-order valence-electron chi connectivity index (χ4n) is 4.32. The average Bonchev–Trinajstić information content (AvgIpc) is 3.17. The van der Waals surface area contributed by atoms with Crippen LogP contribution in [0.3, 0.4) is 0 Å². The lowest BCUT2D eigenvalue weighted by Gasteiger charge is -2.18. The van der Waals surface area contributed by atoms with Crippen LogP contribution in [0.5, 0.6) is 0 Å². The molecule has 0 aliphatic heterocycles. The number of amides is 1. The number of thiophene rings is 1. The first-order valence-corrected chi connectivity index (χ1v) is 13.3. The lowest BCUT2D eigenvalue weighted by molar-refractivity contribution is -0.125. The average molecular weight is 496 g/mol. The Morgan fingerprint density at radius 1 is 1.35 bits per heavy atom. The Morgan fingerprint density at radius 3 is 2.82 bits per heavy atom. The molecule has 2 aromatic heterocycles. The lowest BCUT2D eigenvalue weighted by atomic mass is 9.89. The van der Waals surface area contributed by atoms with Crippen molar-refractivity contribution in [3.8, 4) is 0 Å². The molecule has 1 amide bonds. The number of Topliss-reactive ketones (excluding diaryl/α,β-unsaturated/α-hetero) is 1. The van der Waals surface area contributed by atoms with Gasteiger partial charge in [-0.05, 0) is 49.7 Å². The number of nitrogens with zero attached hydrogens (tertiary/aromatic N) is 2. The van der Waals surface area contributed by atoms with Crippen molar-refractivity contribution in [3.05, 3.63) is 69.3 Å². The molecule has 0 fully saturated rings. The molecule has 0 saturated heterocycles. The smallest absolute Gasteiger partial charge is 0.263 e. The number of thioether (sulfide) groups is 1. The Morgan fingerprint density at radius 2 is 2.12 bits per heavy atom. The SMILES string of the molecule is C=CCn1c(SCC(=O)NC(Cc2ccccc2)C(C)=O)nc2sc3c(c2c1=O)CCC(C)C3. The van der Waals surface area contributed by atoms with Crippen LogP contribution in [0.2, 0.25) is 0 Å². The van der Waals surface area contributed by atoms with E-state index < -0.39 is 6.04 Å². The molecule has 8 heteroatoms. The van der Waals surface area contributed by atoms with E-state index in [4.69, 9.17) is 4.98 Å². The van der Waals surface area contributed by atoms with Crippen molar-refractivity contribution in [3.63, 3.8) is 0 Å². The molecular weight excluding hydrogens is 466 g/mol. The second kappa shape index (κ2) is 10.7. The van der Waals surface area contributed by atoms with Crippen molar-refractivity contribution < 1.29 is 9.59 Å². The van der Waals surface area contributed by atoms with E-state index in [1.807, 2.05) is 30.3 Å². The van der Waals surface area contributed by atoms with Crippen LogP contribution in [0.25, 0.3) is 10.2 Å². The molecule has 0 saturated carbocycles. The number of aryl methyl sites for hydroxylation is 1. The molecule has 1 aliphatic carbocycles. The zero-order valence-corrected chi connectivity index (χ0v) is 21.1. The highest BCUT2D eigenvalue weighted by atomic mass is 32.2. The number of ketones is 1. The monoisotopic (exact) mass is 495 g/mol. The molecule has 34 heavy (non-hydrogen) atoms. The molecule has 6 nitrogen and oxygen atoms in total. The highest BCUT2D eigenvalue weighted by molar-refractivity contribution is 7.99. The fraction of sp³-hybridized carbons (Fsp3) is 0.385. The maximum Gasteiger partial charge on any atom is 0.263 e. The summed E-state index contributed by atoms with van der Waals surface area (Å²) in [7, 11) is 0. The summed E-state index contributed by atoms with van der Waals surface area (Å²) in [6.45, 7) is 7.84. The Hall–Kier alpha value is -2.71. The number of aromatic nitrogens is 2. The molecule has 2 unspecified atom stereocenters. The number of nitrogens with one attached hydrogen (secondary N) is 1. The van der Waals surface area contributed by atoms with Gasteiger partial charge in [0.1, 0.15) is 4.83 Å². The normalized spacial score (nSPS) is 16.1. The van der Waals surface area contributed by atoms with E-state index in [1.54, 1.807) is 22.0 Å². The Bertz CT molecular complexity index is 1280. The van der Waals surface area contributed by atoms with Gasteiger partial charge in [-0.25, -0.2) is 4.98 Å². The first kappa shape index (κ1) is 24.4. The maximum atomic E-state index is 13.4. The number of hydrogen-bond donors (Lipinski definition) is 1. The summed E-state index contributed by atoms with van der Waals surface area (Å²) >= 11 is 2.82. The Balaban J connectivity index is 1.53. The fourth-order valence-corrected chi connectivity index (χ4v) is 6.56. The van der Waals surface area contributed by atoms with E-state index in [0.29, 0.717) is 24.0 Å². The predicted molar refractivity (Wildman–Crippen MR) is 139 cm³/mol. The van der Waals surface area contributed by atoms with Gasteiger partial charge in [0, 0.05) is 11.4 Å². The topological polar surface area (TPSA) is 81.1 Å². The van der Waals surface area contributed by atoms with Gasteiger partial charge in [0.15, 0.2) is 10.9 Å². The number of hydrogen-bond acceptors (Lipinski definition) is 6. The third-order valence-corrected chi connectivity index (χ3v) is 8.26. The molecule has 0 radical (unpaired) electrons. The minimum absolute atomic E-state index is 0.0643. The van der Waals surface area contributed by atoms with E-state index in [0.717, 1.165) is 40.6 Å². The summed E-state index contributed by atoms with van der Waals surface area (Å²) in [5.74, 6) is 0.317. The number of benzene rings is 1. The van der Waals surface area contributed by atoms with Crippen molar-refractivity contribution in [2.45, 2.75) is 57.3 Å². The van der Waals surface area contributed by atoms with E-state index in [9.17, 15) is 14.4 Å². The van der Waals surface area contributed by atoms with E-state index >= 15 is 0 Å². The van der Waals surface area contributed by atoms with Gasteiger partial charge in [-0.2, -0.15) is 0 Å². The number of allylic oxidation sites excluding steroid dienone is 1. The summed E-state index contributed by atoms with van der Waals surface area (Å²) in [6.07, 6.45) is 5.08. The van der Waals surface area contributed by atoms with Gasteiger partial charge in [0.05, 0.1) is 17.2 Å². The van der Waals surface area contributed by atoms with Crippen LogP contribution in [0.4, 0.5) is 0 Å². The molecule has 3 aromatic rings. The first-order chi connectivity index (χ1) is 16.4. The molecule has 0 bridgehead atoms. The third kappa shape index (κ3) is 5.33. The summed E-state index contributed by atoms with van der Waals surface area (Å²) < 4.78 is 1.60. The number of rotatable bonds is 9. The molecule has 1 aromatic carbocycles. The second-order valence-corrected chi connectivity index (χ2v) is 10.9. The van der Waals surface area contributed by atoms with Crippen LogP contribution in [-0.4, -0.2) is 33.0 Å². The number of carbonyl (C=O) groups is 2. The largest absolute Gasteiger partial charge is 0.345 e. The van der Waals surface area contributed by atoms with E-state index in [2.05, 4.69) is 18.8 Å². The van der Waals surface area contributed by atoms with Crippen LogP contribution >= 0.6 is 23.1 Å². The zero-order valence-electron chi connectivity index (χ0n) is 19.5. The van der Waals surface area contributed by atoms with E-state index in [1.165, 1.54) is 23.6 Å². The van der Waals surface area contributed by atoms with Crippen molar-refractivity contribution in [2.24, 2.45) is 5.92 Å². The quantitative estimate of drug-likeness (QED) is 0.274. The predicted octanol–water partition coefficient (Wildman–Crippen LogP) is 4.18. The molecule has 178 valence electrons. The number of fused-ring (bicyclic) bond motifs is 3. The minimum atomic E-state index is -0.590. The van der Waals surface area contributed by atoms with Crippen LogP contribution in [0.15, 0.2) is 52.9 Å². The maximum absolute atomic E-state index is 13.4. The van der Waals surface area contributed by atoms with Gasteiger partial charge in [-0.3, -0.25) is 19.0 Å². The summed E-state index contributed by atoms with van der Waals surface area (Å²) in [5.41, 5.74) is 2.07. The molecular formula is C26H29N3O3S2. The van der Waals surface area contributed by atoms with Gasteiger partial charge in [0.25, 0.3) is 5.56 Å². The molecule has 1 aliphatic rings. The van der Waals surface area contributed by atoms with Crippen LogP contribution in [-0.2, 0) is 35.4 Å². The van der Waals surface area contributed by atoms with Crippen molar-refractivity contribution in [1.29, 1.82) is 0 Å². The van der Waals surface area contributed by atoms with Gasteiger partial charge < -0.3 is 5.32 Å². The molecule has 1 N–H and O–H groups in total. The van der Waals surface area contributed by atoms with Gasteiger partial charge in [-0.1, -0.05) is 55.1 Å². The highest BCUT2D eigenvalue weighted by Gasteiger charge is 2.25. The van der Waals surface area contributed by atoms with Crippen LogP contribution < -0.4 is 10.9 Å². The number of carbonyl (C=O) groups excluding carboxylic acids is 2. The molecule has 2 atom stereocenters. The standard InChI is InChI=1S/C26H29N3O3S2/c1-4-12-29-25(32)23-19-11-10-16(2)13-21(19)34-24(23)28-26(29)33-15-22(31)27-20(17(3)30)14-18-8-6-5-7-9-18/h4-9,16,20H,1,10-15H2,2-3H3,(H,27,31).